The molecule has 0 spiro atoms. The van der Waals surface area contributed by atoms with Crippen molar-refractivity contribution in [1.29, 1.82) is 5.26 Å². The summed E-state index contributed by atoms with van der Waals surface area (Å²) in [5, 5.41) is 12.1. The van der Waals surface area contributed by atoms with E-state index in [-0.39, 0.29) is 11.5 Å². The highest BCUT2D eigenvalue weighted by Gasteiger charge is 2.15. The van der Waals surface area contributed by atoms with E-state index in [1.54, 1.807) is 6.08 Å². The van der Waals surface area contributed by atoms with E-state index in [0.717, 1.165) is 31.1 Å². The first-order valence-electron chi connectivity index (χ1n) is 9.43. The molecule has 4 heteroatoms. The molecule has 1 heterocycles. The molecule has 1 aliphatic heterocycles. The Bertz CT molecular complexity index is 826. The summed E-state index contributed by atoms with van der Waals surface area (Å²) in [5.41, 5.74) is 2.86. The first-order valence-corrected chi connectivity index (χ1v) is 9.43. The van der Waals surface area contributed by atoms with E-state index in [1.807, 2.05) is 60.7 Å². The van der Waals surface area contributed by atoms with Crippen LogP contribution in [0.4, 0.5) is 5.69 Å². The van der Waals surface area contributed by atoms with E-state index >= 15 is 0 Å². The van der Waals surface area contributed by atoms with E-state index in [4.69, 9.17) is 0 Å². The third-order valence-corrected chi connectivity index (χ3v) is 4.97. The molecule has 0 radical (unpaired) electrons. The lowest BCUT2D eigenvalue weighted by Crippen LogP contribution is -2.32. The van der Waals surface area contributed by atoms with Gasteiger partial charge in [0, 0.05) is 12.2 Å². The van der Waals surface area contributed by atoms with Crippen molar-refractivity contribution in [3.8, 4) is 6.07 Å². The molecule has 138 valence electrons. The summed E-state index contributed by atoms with van der Waals surface area (Å²) in [5.74, 6) is 0.441. The highest BCUT2D eigenvalue weighted by molar-refractivity contribution is 6.09. The second kappa shape index (κ2) is 9.16. The molecule has 1 N–H and O–H groups in total. The Hall–Kier alpha value is -2.90. The zero-order chi connectivity index (χ0) is 19.1. The Kier molecular flexibility index (Phi) is 6.40. The molecule has 1 fully saturated rings. The zero-order valence-corrected chi connectivity index (χ0v) is 15.7. The van der Waals surface area contributed by atoms with Crippen molar-refractivity contribution >= 4 is 17.7 Å². The Balaban J connectivity index is 1.59. The molecule has 0 unspecified atom stereocenters. The number of amides is 1. The molecule has 2 aromatic carbocycles. The lowest BCUT2D eigenvalue weighted by Gasteiger charge is -2.30. The number of nitriles is 1. The SMILES string of the molecule is CC1CCN(Cc2ccc(NC(=O)/C(C#N)=C/c3ccccc3)cc2)CC1. The number of likely N-dealkylation sites (tertiary alicyclic amines) is 1. The minimum absolute atomic E-state index is 0.0905. The molecule has 0 aromatic heterocycles. The molecule has 1 saturated heterocycles. The van der Waals surface area contributed by atoms with Crippen LogP contribution >= 0.6 is 0 Å². The smallest absolute Gasteiger partial charge is 0.266 e. The minimum Gasteiger partial charge on any atom is -0.321 e. The first kappa shape index (κ1) is 18.9. The molecular formula is C23H25N3O. The summed E-state index contributed by atoms with van der Waals surface area (Å²) < 4.78 is 0. The predicted molar refractivity (Wildman–Crippen MR) is 109 cm³/mol. The fourth-order valence-electron chi connectivity index (χ4n) is 3.23. The van der Waals surface area contributed by atoms with Crippen molar-refractivity contribution in [3.63, 3.8) is 0 Å². The van der Waals surface area contributed by atoms with Crippen molar-refractivity contribution in [2.24, 2.45) is 5.92 Å². The largest absolute Gasteiger partial charge is 0.321 e. The summed E-state index contributed by atoms with van der Waals surface area (Å²) in [7, 11) is 0. The molecule has 3 rings (SSSR count). The molecule has 2 aromatic rings. The Morgan fingerprint density at radius 3 is 2.44 bits per heavy atom. The van der Waals surface area contributed by atoms with Gasteiger partial charge in [0.2, 0.25) is 0 Å². The summed E-state index contributed by atoms with van der Waals surface area (Å²) in [4.78, 5) is 14.8. The molecule has 1 aliphatic rings. The van der Waals surface area contributed by atoms with Gasteiger partial charge < -0.3 is 5.32 Å². The van der Waals surface area contributed by atoms with E-state index in [9.17, 15) is 10.1 Å². The van der Waals surface area contributed by atoms with Crippen LogP contribution in [0.5, 0.6) is 0 Å². The van der Waals surface area contributed by atoms with Crippen molar-refractivity contribution < 1.29 is 4.79 Å². The average molecular weight is 359 g/mol. The van der Waals surface area contributed by atoms with E-state index in [0.29, 0.717) is 5.69 Å². The number of carbonyl (C=O) groups is 1. The number of nitrogens with zero attached hydrogens (tertiary/aromatic N) is 2. The second-order valence-corrected chi connectivity index (χ2v) is 7.19. The van der Waals surface area contributed by atoms with Crippen LogP contribution in [0.3, 0.4) is 0 Å². The van der Waals surface area contributed by atoms with Crippen molar-refractivity contribution in [3.05, 3.63) is 71.3 Å². The third-order valence-electron chi connectivity index (χ3n) is 4.97. The van der Waals surface area contributed by atoms with E-state index in [2.05, 4.69) is 17.1 Å². The minimum atomic E-state index is -0.390. The number of nitrogens with one attached hydrogen (secondary N) is 1. The van der Waals surface area contributed by atoms with Crippen LogP contribution in [0, 0.1) is 17.2 Å². The predicted octanol–water partition coefficient (Wildman–Crippen LogP) is 4.46. The molecule has 0 saturated carbocycles. The zero-order valence-electron chi connectivity index (χ0n) is 15.7. The molecule has 27 heavy (non-hydrogen) atoms. The van der Waals surface area contributed by atoms with Crippen LogP contribution in [0.15, 0.2) is 60.2 Å². The molecule has 0 aliphatic carbocycles. The van der Waals surface area contributed by atoms with Gasteiger partial charge in [0.1, 0.15) is 11.6 Å². The van der Waals surface area contributed by atoms with Crippen LogP contribution in [0.1, 0.15) is 30.9 Å². The quantitative estimate of drug-likeness (QED) is 0.633. The average Bonchev–Trinajstić information content (AvgIpc) is 2.70. The number of anilines is 1. The van der Waals surface area contributed by atoms with E-state index in [1.165, 1.54) is 18.4 Å². The van der Waals surface area contributed by atoms with Gasteiger partial charge in [-0.3, -0.25) is 9.69 Å². The van der Waals surface area contributed by atoms with Crippen molar-refractivity contribution in [1.82, 2.24) is 4.90 Å². The maximum Gasteiger partial charge on any atom is 0.266 e. The maximum absolute atomic E-state index is 12.4. The van der Waals surface area contributed by atoms with Gasteiger partial charge in [-0.1, -0.05) is 49.4 Å². The Morgan fingerprint density at radius 2 is 1.81 bits per heavy atom. The normalized spacial score (nSPS) is 15.9. The Labute approximate surface area is 161 Å². The number of benzene rings is 2. The van der Waals surface area contributed by atoms with Gasteiger partial charge >= 0.3 is 0 Å². The number of hydrogen-bond acceptors (Lipinski definition) is 3. The number of hydrogen-bond donors (Lipinski definition) is 1. The van der Waals surface area contributed by atoms with Gasteiger partial charge in [-0.25, -0.2) is 0 Å². The Morgan fingerprint density at radius 1 is 1.15 bits per heavy atom. The molecule has 0 bridgehead atoms. The summed E-state index contributed by atoms with van der Waals surface area (Å²) in [6, 6.07) is 19.2. The van der Waals surface area contributed by atoms with Gasteiger partial charge in [-0.05, 0) is 61.2 Å². The highest BCUT2D eigenvalue weighted by atomic mass is 16.1. The van der Waals surface area contributed by atoms with Gasteiger partial charge in [0.15, 0.2) is 0 Å². The number of carbonyl (C=O) groups excluding carboxylic acids is 1. The van der Waals surface area contributed by atoms with Crippen LogP contribution in [0.25, 0.3) is 6.08 Å². The summed E-state index contributed by atoms with van der Waals surface area (Å²) in [6.45, 7) is 5.56. The molecular weight excluding hydrogens is 334 g/mol. The van der Waals surface area contributed by atoms with Crippen LogP contribution in [0.2, 0.25) is 0 Å². The van der Waals surface area contributed by atoms with Crippen LogP contribution < -0.4 is 5.32 Å². The summed E-state index contributed by atoms with van der Waals surface area (Å²) >= 11 is 0. The lowest BCUT2D eigenvalue weighted by molar-refractivity contribution is -0.112. The lowest BCUT2D eigenvalue weighted by atomic mass is 9.99. The standard InChI is InChI=1S/C23H25N3O/c1-18-11-13-26(14-12-18)17-20-7-9-22(10-8-20)25-23(27)21(16-24)15-19-5-3-2-4-6-19/h2-10,15,18H,11-14,17H2,1H3,(H,25,27)/b21-15+. The first-order chi connectivity index (χ1) is 13.1. The monoisotopic (exact) mass is 359 g/mol. The fraction of sp³-hybridized carbons (Fsp3) is 0.304. The number of rotatable bonds is 5. The van der Waals surface area contributed by atoms with Crippen LogP contribution in [-0.2, 0) is 11.3 Å². The second-order valence-electron chi connectivity index (χ2n) is 7.19. The van der Waals surface area contributed by atoms with Gasteiger partial charge in [0.05, 0.1) is 0 Å². The van der Waals surface area contributed by atoms with Crippen molar-refractivity contribution in [2.45, 2.75) is 26.3 Å². The fourth-order valence-corrected chi connectivity index (χ4v) is 3.23. The van der Waals surface area contributed by atoms with E-state index < -0.39 is 0 Å². The highest BCUT2D eigenvalue weighted by Crippen LogP contribution is 2.19. The summed E-state index contributed by atoms with van der Waals surface area (Å²) in [6.07, 6.45) is 4.12. The van der Waals surface area contributed by atoms with Gasteiger partial charge in [-0.2, -0.15) is 5.26 Å². The topological polar surface area (TPSA) is 56.1 Å². The van der Waals surface area contributed by atoms with Crippen molar-refractivity contribution in [2.75, 3.05) is 18.4 Å². The maximum atomic E-state index is 12.4. The molecule has 0 atom stereocenters. The number of piperidine rings is 1. The van der Waals surface area contributed by atoms with Gasteiger partial charge in [-0.15, -0.1) is 0 Å². The molecule has 4 nitrogen and oxygen atoms in total. The van der Waals surface area contributed by atoms with Crippen LogP contribution in [-0.4, -0.2) is 23.9 Å². The molecule has 1 amide bonds. The van der Waals surface area contributed by atoms with Gasteiger partial charge in [0.25, 0.3) is 5.91 Å². The third kappa shape index (κ3) is 5.54.